The number of hydrogen-bond donors (Lipinski definition) is 1. The number of aromatic nitrogens is 2. The lowest BCUT2D eigenvalue weighted by Crippen LogP contribution is -2.30. The van der Waals surface area contributed by atoms with Crippen LogP contribution in [0.2, 0.25) is 0 Å². The summed E-state index contributed by atoms with van der Waals surface area (Å²) in [5.41, 5.74) is 5.19. The zero-order chi connectivity index (χ0) is 16.5. The summed E-state index contributed by atoms with van der Waals surface area (Å²) in [6, 6.07) is 6.64. The quantitative estimate of drug-likeness (QED) is 0.943. The number of amides is 1. The fourth-order valence-electron chi connectivity index (χ4n) is 4.03. The SMILES string of the molecule is Cc1cnc([C@@H]2CCN(C(=O)Cc3ccc4c(c3)CCCC4)C2)[nH]1. The molecule has 1 N–H and O–H groups in total. The molecular formula is C20H25N3O. The van der Waals surface area contributed by atoms with Gasteiger partial charge < -0.3 is 9.88 Å². The van der Waals surface area contributed by atoms with E-state index in [1.807, 2.05) is 18.0 Å². The van der Waals surface area contributed by atoms with Gasteiger partial charge in [-0.1, -0.05) is 18.2 Å². The Hall–Kier alpha value is -2.10. The molecule has 0 unspecified atom stereocenters. The van der Waals surface area contributed by atoms with E-state index in [9.17, 15) is 4.79 Å². The van der Waals surface area contributed by atoms with Crippen LogP contribution >= 0.6 is 0 Å². The number of nitrogens with zero attached hydrogens (tertiary/aromatic N) is 2. The number of fused-ring (bicyclic) bond motifs is 1. The van der Waals surface area contributed by atoms with Gasteiger partial charge in [-0.05, 0) is 55.7 Å². The first kappa shape index (κ1) is 15.4. The molecule has 0 saturated carbocycles. The van der Waals surface area contributed by atoms with Gasteiger partial charge in [-0.15, -0.1) is 0 Å². The van der Waals surface area contributed by atoms with Crippen LogP contribution in [0.1, 0.15) is 53.4 Å². The van der Waals surface area contributed by atoms with Crippen molar-refractivity contribution in [2.45, 2.75) is 51.4 Å². The highest BCUT2D eigenvalue weighted by molar-refractivity contribution is 5.79. The predicted molar refractivity (Wildman–Crippen MR) is 94.1 cm³/mol. The van der Waals surface area contributed by atoms with Crippen LogP contribution in [0.3, 0.4) is 0 Å². The Morgan fingerprint density at radius 2 is 2.12 bits per heavy atom. The molecule has 126 valence electrons. The molecule has 1 aromatic heterocycles. The van der Waals surface area contributed by atoms with E-state index in [-0.39, 0.29) is 5.91 Å². The number of benzene rings is 1. The maximum Gasteiger partial charge on any atom is 0.227 e. The molecule has 1 saturated heterocycles. The highest BCUT2D eigenvalue weighted by Gasteiger charge is 2.29. The van der Waals surface area contributed by atoms with Crippen molar-refractivity contribution in [1.29, 1.82) is 0 Å². The Bertz CT molecular complexity index is 749. The third-order valence-corrected chi connectivity index (χ3v) is 5.42. The second-order valence-corrected chi connectivity index (χ2v) is 7.26. The minimum absolute atomic E-state index is 0.247. The molecule has 1 atom stereocenters. The first-order chi connectivity index (χ1) is 11.7. The summed E-state index contributed by atoms with van der Waals surface area (Å²) in [5.74, 6) is 1.62. The van der Waals surface area contributed by atoms with Crippen LogP contribution in [0.15, 0.2) is 24.4 Å². The monoisotopic (exact) mass is 323 g/mol. The zero-order valence-corrected chi connectivity index (χ0v) is 14.3. The highest BCUT2D eigenvalue weighted by atomic mass is 16.2. The Kier molecular flexibility index (Phi) is 4.13. The summed E-state index contributed by atoms with van der Waals surface area (Å²) in [6.07, 6.45) is 8.33. The number of carbonyl (C=O) groups is 1. The number of aryl methyl sites for hydroxylation is 3. The van der Waals surface area contributed by atoms with Crippen molar-refractivity contribution < 1.29 is 4.79 Å². The average molecular weight is 323 g/mol. The number of imidazole rings is 1. The van der Waals surface area contributed by atoms with Crippen molar-refractivity contribution in [3.05, 3.63) is 52.6 Å². The molecule has 1 aliphatic heterocycles. The minimum Gasteiger partial charge on any atom is -0.346 e. The number of carbonyl (C=O) groups excluding carboxylic acids is 1. The van der Waals surface area contributed by atoms with Gasteiger partial charge in [-0.2, -0.15) is 0 Å². The van der Waals surface area contributed by atoms with Gasteiger partial charge in [0, 0.05) is 30.9 Å². The third kappa shape index (κ3) is 3.10. The van der Waals surface area contributed by atoms with Gasteiger partial charge in [0.15, 0.2) is 0 Å². The molecule has 1 amide bonds. The van der Waals surface area contributed by atoms with E-state index in [0.717, 1.165) is 36.6 Å². The summed E-state index contributed by atoms with van der Waals surface area (Å²) < 4.78 is 0. The number of nitrogens with one attached hydrogen (secondary N) is 1. The number of rotatable bonds is 3. The van der Waals surface area contributed by atoms with Gasteiger partial charge in [-0.25, -0.2) is 4.98 Å². The van der Waals surface area contributed by atoms with Crippen LogP contribution in [0, 0.1) is 6.92 Å². The van der Waals surface area contributed by atoms with E-state index in [1.54, 1.807) is 0 Å². The first-order valence-electron chi connectivity index (χ1n) is 9.09. The van der Waals surface area contributed by atoms with Gasteiger partial charge in [0.1, 0.15) is 5.82 Å². The molecule has 4 nitrogen and oxygen atoms in total. The van der Waals surface area contributed by atoms with Gasteiger partial charge >= 0.3 is 0 Å². The van der Waals surface area contributed by atoms with Crippen LogP contribution in [0.4, 0.5) is 0 Å². The molecule has 1 aromatic carbocycles. The van der Waals surface area contributed by atoms with Crippen LogP contribution in [0.25, 0.3) is 0 Å². The highest BCUT2D eigenvalue weighted by Crippen LogP contribution is 2.26. The Morgan fingerprint density at radius 1 is 1.29 bits per heavy atom. The number of aromatic amines is 1. The minimum atomic E-state index is 0.247. The zero-order valence-electron chi connectivity index (χ0n) is 14.3. The normalized spacial score (nSPS) is 20.2. The van der Waals surface area contributed by atoms with E-state index < -0.39 is 0 Å². The van der Waals surface area contributed by atoms with E-state index in [4.69, 9.17) is 0 Å². The number of likely N-dealkylation sites (tertiary alicyclic amines) is 1. The molecule has 24 heavy (non-hydrogen) atoms. The van der Waals surface area contributed by atoms with Crippen LogP contribution in [-0.2, 0) is 24.1 Å². The molecule has 0 bridgehead atoms. The van der Waals surface area contributed by atoms with Gasteiger partial charge in [0.2, 0.25) is 5.91 Å². The van der Waals surface area contributed by atoms with Gasteiger partial charge in [-0.3, -0.25) is 4.79 Å². The topological polar surface area (TPSA) is 49.0 Å². The van der Waals surface area contributed by atoms with Crippen molar-refractivity contribution in [1.82, 2.24) is 14.9 Å². The average Bonchev–Trinajstić information content (AvgIpc) is 3.23. The van der Waals surface area contributed by atoms with E-state index >= 15 is 0 Å². The fraction of sp³-hybridized carbons (Fsp3) is 0.500. The molecule has 2 aromatic rings. The molecular weight excluding hydrogens is 298 g/mol. The molecule has 0 spiro atoms. The second-order valence-electron chi connectivity index (χ2n) is 7.26. The molecule has 2 heterocycles. The van der Waals surface area contributed by atoms with E-state index in [2.05, 4.69) is 28.2 Å². The Morgan fingerprint density at radius 3 is 2.92 bits per heavy atom. The fourth-order valence-corrected chi connectivity index (χ4v) is 4.03. The second kappa shape index (κ2) is 6.42. The summed E-state index contributed by atoms with van der Waals surface area (Å²) in [6.45, 7) is 3.65. The molecule has 4 rings (SSSR count). The van der Waals surface area contributed by atoms with E-state index in [0.29, 0.717) is 12.3 Å². The first-order valence-corrected chi connectivity index (χ1v) is 9.09. The largest absolute Gasteiger partial charge is 0.346 e. The Balaban J connectivity index is 1.40. The van der Waals surface area contributed by atoms with Crippen molar-refractivity contribution in [2.75, 3.05) is 13.1 Å². The van der Waals surface area contributed by atoms with Crippen LogP contribution in [0.5, 0.6) is 0 Å². The number of hydrogen-bond acceptors (Lipinski definition) is 2. The van der Waals surface area contributed by atoms with E-state index in [1.165, 1.54) is 36.8 Å². The van der Waals surface area contributed by atoms with Crippen molar-refractivity contribution in [3.63, 3.8) is 0 Å². The molecule has 4 heteroatoms. The van der Waals surface area contributed by atoms with Gasteiger partial charge in [0.25, 0.3) is 0 Å². The van der Waals surface area contributed by atoms with Crippen LogP contribution < -0.4 is 0 Å². The lowest BCUT2D eigenvalue weighted by Gasteiger charge is -2.19. The standard InChI is InChI=1S/C20H25N3O/c1-14-12-21-20(22-14)18-8-9-23(13-18)19(24)11-15-6-7-16-4-2-3-5-17(16)10-15/h6-7,10,12,18H,2-5,8-9,11,13H2,1H3,(H,21,22)/t18-/m1/s1. The van der Waals surface area contributed by atoms with Gasteiger partial charge in [0.05, 0.1) is 6.42 Å². The molecule has 2 aliphatic rings. The summed E-state index contributed by atoms with van der Waals surface area (Å²) >= 11 is 0. The van der Waals surface area contributed by atoms with Crippen molar-refractivity contribution in [3.8, 4) is 0 Å². The maximum atomic E-state index is 12.7. The summed E-state index contributed by atoms with van der Waals surface area (Å²) in [7, 11) is 0. The van der Waals surface area contributed by atoms with Crippen LogP contribution in [-0.4, -0.2) is 33.9 Å². The molecule has 1 fully saturated rings. The van der Waals surface area contributed by atoms with Crippen molar-refractivity contribution in [2.24, 2.45) is 0 Å². The Labute approximate surface area is 143 Å². The van der Waals surface area contributed by atoms with Crippen molar-refractivity contribution >= 4 is 5.91 Å². The smallest absolute Gasteiger partial charge is 0.227 e. The lowest BCUT2D eigenvalue weighted by atomic mass is 9.90. The predicted octanol–water partition coefficient (Wildman–Crippen LogP) is 3.16. The summed E-state index contributed by atoms with van der Waals surface area (Å²) in [5, 5.41) is 0. The lowest BCUT2D eigenvalue weighted by molar-refractivity contribution is -0.129. The number of H-pyrrole nitrogens is 1. The maximum absolute atomic E-state index is 12.7. The third-order valence-electron chi connectivity index (χ3n) is 5.42. The molecule has 0 radical (unpaired) electrons. The summed E-state index contributed by atoms with van der Waals surface area (Å²) in [4.78, 5) is 22.4. The molecule has 1 aliphatic carbocycles.